The molecule has 2 N–H and O–H groups in total. The molecule has 5 rings (SSSR count). The van der Waals surface area contributed by atoms with Gasteiger partial charge >= 0.3 is 0 Å². The number of ether oxygens (including phenoxy) is 1. The molecule has 2 atom stereocenters. The molecule has 10 heteroatoms. The second-order valence-electron chi connectivity index (χ2n) is 8.33. The number of carbonyl (C=O) groups excluding carboxylic acids is 1. The molecule has 0 bridgehead atoms. The molecule has 162 valence electrons. The van der Waals surface area contributed by atoms with Crippen LogP contribution in [0.4, 0.5) is 5.82 Å². The number of anilines is 1. The van der Waals surface area contributed by atoms with Gasteiger partial charge < -0.3 is 15.4 Å². The van der Waals surface area contributed by atoms with Gasteiger partial charge in [0.05, 0.1) is 29.3 Å². The van der Waals surface area contributed by atoms with Gasteiger partial charge in [-0.3, -0.25) is 14.6 Å². The van der Waals surface area contributed by atoms with Crippen molar-refractivity contribution in [3.05, 3.63) is 16.2 Å². The Morgan fingerprint density at radius 3 is 2.73 bits per heavy atom. The first-order valence-electron chi connectivity index (χ1n) is 10.6. The number of hydrogen-bond acceptors (Lipinski definition) is 8. The lowest BCUT2D eigenvalue weighted by Gasteiger charge is -2.46. The van der Waals surface area contributed by atoms with E-state index in [-0.39, 0.29) is 17.1 Å². The SMILES string of the molecule is NC(=O)[C@@H]1CN(Cc2cc3nc(Cl)nc(N4CCOCC4)c3s2)CC[C@@H]1N1CCC1. The number of aromatic nitrogens is 2. The number of halogens is 1. The third kappa shape index (κ3) is 4.01. The average molecular weight is 451 g/mol. The number of carbonyl (C=O) groups is 1. The van der Waals surface area contributed by atoms with E-state index in [9.17, 15) is 4.79 Å². The van der Waals surface area contributed by atoms with Crippen molar-refractivity contribution in [2.75, 3.05) is 57.4 Å². The van der Waals surface area contributed by atoms with Crippen LogP contribution < -0.4 is 10.6 Å². The number of amides is 1. The largest absolute Gasteiger partial charge is 0.378 e. The molecule has 3 saturated heterocycles. The van der Waals surface area contributed by atoms with Crippen LogP contribution in [0.3, 0.4) is 0 Å². The van der Waals surface area contributed by atoms with Crippen molar-refractivity contribution in [2.24, 2.45) is 11.7 Å². The molecule has 0 aromatic carbocycles. The van der Waals surface area contributed by atoms with E-state index < -0.39 is 0 Å². The fraction of sp³-hybridized carbons (Fsp3) is 0.650. The maximum Gasteiger partial charge on any atom is 0.224 e. The monoisotopic (exact) mass is 450 g/mol. The van der Waals surface area contributed by atoms with Gasteiger partial charge in [-0.15, -0.1) is 11.3 Å². The molecule has 2 aromatic rings. The van der Waals surface area contributed by atoms with E-state index in [1.807, 2.05) is 0 Å². The second-order valence-corrected chi connectivity index (χ2v) is 9.81. The number of rotatable bonds is 5. The van der Waals surface area contributed by atoms with Crippen LogP contribution in [0.15, 0.2) is 6.07 Å². The smallest absolute Gasteiger partial charge is 0.224 e. The number of fused-ring (bicyclic) bond motifs is 1. The molecule has 2 aromatic heterocycles. The molecule has 0 unspecified atom stereocenters. The second kappa shape index (κ2) is 8.55. The zero-order chi connectivity index (χ0) is 20.7. The minimum Gasteiger partial charge on any atom is -0.378 e. The topological polar surface area (TPSA) is 87.8 Å². The number of piperidine rings is 1. The van der Waals surface area contributed by atoms with Crippen molar-refractivity contribution in [3.8, 4) is 0 Å². The molecular formula is C20H27ClN6O2S. The summed E-state index contributed by atoms with van der Waals surface area (Å²) >= 11 is 7.94. The molecular weight excluding hydrogens is 424 g/mol. The van der Waals surface area contributed by atoms with Gasteiger partial charge in [-0.25, -0.2) is 4.98 Å². The van der Waals surface area contributed by atoms with Crippen LogP contribution in [0, 0.1) is 5.92 Å². The number of nitrogens with two attached hydrogens (primary N) is 1. The number of likely N-dealkylation sites (tertiary alicyclic amines) is 2. The Kier molecular flexibility index (Phi) is 5.81. The molecule has 3 aliphatic rings. The van der Waals surface area contributed by atoms with Gasteiger partial charge in [-0.05, 0) is 43.6 Å². The van der Waals surface area contributed by atoms with E-state index in [0.717, 1.165) is 61.7 Å². The minimum absolute atomic E-state index is 0.105. The summed E-state index contributed by atoms with van der Waals surface area (Å²) in [5, 5.41) is 0.275. The van der Waals surface area contributed by atoms with Crippen molar-refractivity contribution < 1.29 is 9.53 Å². The first-order chi connectivity index (χ1) is 14.6. The molecule has 3 fully saturated rings. The van der Waals surface area contributed by atoms with Crippen molar-refractivity contribution in [1.82, 2.24) is 19.8 Å². The van der Waals surface area contributed by atoms with Gasteiger partial charge in [0.15, 0.2) is 5.82 Å². The van der Waals surface area contributed by atoms with Gasteiger partial charge in [-0.1, -0.05) is 0 Å². The average Bonchev–Trinajstić information content (AvgIpc) is 3.09. The van der Waals surface area contributed by atoms with Gasteiger partial charge in [0.2, 0.25) is 11.2 Å². The maximum atomic E-state index is 12.1. The zero-order valence-corrected chi connectivity index (χ0v) is 18.5. The highest BCUT2D eigenvalue weighted by atomic mass is 35.5. The first kappa shape index (κ1) is 20.4. The number of hydrogen-bond donors (Lipinski definition) is 1. The summed E-state index contributed by atoms with van der Waals surface area (Å²) in [5.41, 5.74) is 6.66. The maximum absolute atomic E-state index is 12.1. The number of primary amides is 1. The van der Waals surface area contributed by atoms with Crippen LogP contribution in [-0.2, 0) is 16.1 Å². The van der Waals surface area contributed by atoms with E-state index >= 15 is 0 Å². The number of morpholine rings is 1. The van der Waals surface area contributed by atoms with E-state index in [0.29, 0.717) is 25.8 Å². The highest BCUT2D eigenvalue weighted by Crippen LogP contribution is 2.35. The molecule has 0 spiro atoms. The van der Waals surface area contributed by atoms with Crippen molar-refractivity contribution in [1.29, 1.82) is 0 Å². The van der Waals surface area contributed by atoms with Gasteiger partial charge in [0.1, 0.15) is 0 Å². The molecule has 0 saturated carbocycles. The highest BCUT2D eigenvalue weighted by Gasteiger charge is 2.38. The lowest BCUT2D eigenvalue weighted by molar-refractivity contribution is -0.127. The predicted octanol–water partition coefficient (Wildman–Crippen LogP) is 1.56. The Morgan fingerprint density at radius 2 is 2.03 bits per heavy atom. The quantitative estimate of drug-likeness (QED) is 0.691. The van der Waals surface area contributed by atoms with Crippen molar-refractivity contribution in [2.45, 2.75) is 25.4 Å². The summed E-state index contributed by atoms with van der Waals surface area (Å²) in [4.78, 5) is 29.3. The lowest BCUT2D eigenvalue weighted by atomic mass is 9.88. The van der Waals surface area contributed by atoms with Gasteiger partial charge in [-0.2, -0.15) is 4.98 Å². The summed E-state index contributed by atoms with van der Waals surface area (Å²) in [6.07, 6.45) is 2.21. The highest BCUT2D eigenvalue weighted by molar-refractivity contribution is 7.19. The first-order valence-corrected chi connectivity index (χ1v) is 11.8. The summed E-state index contributed by atoms with van der Waals surface area (Å²) in [6, 6.07) is 2.41. The molecule has 30 heavy (non-hydrogen) atoms. The van der Waals surface area contributed by atoms with Gasteiger partial charge in [0, 0.05) is 43.6 Å². The van der Waals surface area contributed by atoms with Crippen LogP contribution in [0.25, 0.3) is 10.2 Å². The Hall–Kier alpha value is -1.52. The van der Waals surface area contributed by atoms with Crippen molar-refractivity contribution in [3.63, 3.8) is 0 Å². The Morgan fingerprint density at radius 1 is 1.23 bits per heavy atom. The molecule has 0 radical (unpaired) electrons. The van der Waals surface area contributed by atoms with Gasteiger partial charge in [0.25, 0.3) is 0 Å². The van der Waals surface area contributed by atoms with Crippen LogP contribution in [0.1, 0.15) is 17.7 Å². The zero-order valence-electron chi connectivity index (χ0n) is 16.9. The van der Waals surface area contributed by atoms with E-state index in [1.165, 1.54) is 11.3 Å². The Bertz CT molecular complexity index is 929. The van der Waals surface area contributed by atoms with E-state index in [2.05, 4.69) is 30.7 Å². The molecule has 5 heterocycles. The number of nitrogens with zero attached hydrogens (tertiary/aromatic N) is 5. The third-order valence-corrected chi connectivity index (χ3v) is 7.73. The Balaban J connectivity index is 1.34. The van der Waals surface area contributed by atoms with Crippen LogP contribution in [-0.4, -0.2) is 84.2 Å². The standard InChI is InChI=1S/C20H27ClN6O2S/c21-20-23-15-10-13(30-17(15)19(24-20)27-6-8-29-9-7-27)11-25-5-2-16(26-3-1-4-26)14(12-25)18(22)28/h10,14,16H,1-9,11-12H2,(H2,22,28)/t14-,16+/m1/s1. The number of thiophene rings is 1. The van der Waals surface area contributed by atoms with Crippen LogP contribution in [0.2, 0.25) is 5.28 Å². The Labute approximate surface area is 184 Å². The summed E-state index contributed by atoms with van der Waals surface area (Å²) in [7, 11) is 0. The molecule has 0 aliphatic carbocycles. The normalized spacial score (nSPS) is 26.1. The van der Waals surface area contributed by atoms with Crippen LogP contribution in [0.5, 0.6) is 0 Å². The van der Waals surface area contributed by atoms with Crippen molar-refractivity contribution >= 4 is 44.9 Å². The van der Waals surface area contributed by atoms with E-state index in [1.54, 1.807) is 11.3 Å². The third-order valence-electron chi connectivity index (χ3n) is 6.45. The minimum atomic E-state index is -0.180. The fourth-order valence-electron chi connectivity index (χ4n) is 4.76. The predicted molar refractivity (Wildman–Crippen MR) is 118 cm³/mol. The lowest BCUT2D eigenvalue weighted by Crippen LogP contribution is -2.58. The molecule has 3 aliphatic heterocycles. The van der Waals surface area contributed by atoms with E-state index in [4.69, 9.17) is 22.1 Å². The van der Waals surface area contributed by atoms with Crippen LogP contribution >= 0.6 is 22.9 Å². The fourth-order valence-corrected chi connectivity index (χ4v) is 6.09. The summed E-state index contributed by atoms with van der Waals surface area (Å²) in [5.74, 6) is 0.614. The summed E-state index contributed by atoms with van der Waals surface area (Å²) in [6.45, 7) is 7.67. The molecule has 8 nitrogen and oxygen atoms in total. The summed E-state index contributed by atoms with van der Waals surface area (Å²) < 4.78 is 6.54. The molecule has 1 amide bonds.